The molecule has 0 bridgehead atoms. The summed E-state index contributed by atoms with van der Waals surface area (Å²) in [6, 6.07) is 0. The van der Waals surface area contributed by atoms with Crippen LogP contribution in [0.4, 0.5) is 0 Å². The van der Waals surface area contributed by atoms with Crippen LogP contribution in [-0.2, 0) is 0 Å². The smallest absolute Gasteiger partial charge is 0.107 e. The van der Waals surface area contributed by atoms with Crippen molar-refractivity contribution in [3.05, 3.63) is 0 Å². The Morgan fingerprint density at radius 1 is 1.25 bits per heavy atom. The summed E-state index contributed by atoms with van der Waals surface area (Å²) in [6.07, 6.45) is 4.22. The molecule has 1 aliphatic rings. The van der Waals surface area contributed by atoms with Crippen molar-refractivity contribution in [2.45, 2.75) is 31.9 Å². The minimum atomic E-state index is -0.303. The average molecular weight is 229 g/mol. The fraction of sp³-hybridized carbons (Fsp3) is 1.00. The highest BCUT2D eigenvalue weighted by Crippen LogP contribution is 2.18. The van der Waals surface area contributed by atoms with Gasteiger partial charge in [0, 0.05) is 5.92 Å². The van der Waals surface area contributed by atoms with E-state index < -0.39 is 0 Å². The highest BCUT2D eigenvalue weighted by molar-refractivity contribution is 4.74. The number of rotatable bonds is 7. The highest BCUT2D eigenvalue weighted by atomic mass is 16.3. The lowest BCUT2D eigenvalue weighted by Gasteiger charge is -2.32. The Hall–Kier alpha value is -0.160. The Labute approximate surface area is 99.4 Å². The lowest BCUT2D eigenvalue weighted by Crippen LogP contribution is -2.42. The molecule has 3 N–H and O–H groups in total. The summed E-state index contributed by atoms with van der Waals surface area (Å²) < 4.78 is 0. The van der Waals surface area contributed by atoms with Gasteiger partial charge in [-0.2, -0.15) is 0 Å². The molecule has 1 aliphatic heterocycles. The average Bonchev–Trinajstić information content (AvgIpc) is 2.29. The van der Waals surface area contributed by atoms with Gasteiger partial charge in [-0.15, -0.1) is 0 Å². The Morgan fingerprint density at radius 3 is 2.50 bits per heavy atom. The molecule has 0 spiro atoms. The maximum absolute atomic E-state index is 9.97. The Balaban J connectivity index is 2.03. The predicted octanol–water partition coefficient (Wildman–Crippen LogP) is 0.236. The molecule has 0 aliphatic carbocycles. The zero-order chi connectivity index (χ0) is 11.8. The zero-order valence-electron chi connectivity index (χ0n) is 10.7. The molecular formula is C12H27N3O. The predicted molar refractivity (Wildman–Crippen MR) is 67.4 cm³/mol. The van der Waals surface area contributed by atoms with Crippen LogP contribution in [0.1, 0.15) is 25.7 Å². The molecule has 0 amide bonds. The number of hydrogen-bond acceptors (Lipinski definition) is 4. The van der Waals surface area contributed by atoms with E-state index in [1.807, 2.05) is 7.05 Å². The van der Waals surface area contributed by atoms with Gasteiger partial charge in [0.2, 0.25) is 0 Å². The van der Waals surface area contributed by atoms with Gasteiger partial charge in [-0.25, -0.2) is 0 Å². The first-order valence-electron chi connectivity index (χ1n) is 6.48. The number of likely N-dealkylation sites (tertiary alicyclic amines) is 1. The van der Waals surface area contributed by atoms with Crippen molar-refractivity contribution in [1.29, 1.82) is 0 Å². The normalized spacial score (nSPS) is 21.2. The minimum absolute atomic E-state index is 0.303. The molecule has 0 aromatic carbocycles. The van der Waals surface area contributed by atoms with Gasteiger partial charge in [-0.3, -0.25) is 5.32 Å². The first-order valence-corrected chi connectivity index (χ1v) is 6.48. The molecule has 1 rings (SSSR count). The summed E-state index contributed by atoms with van der Waals surface area (Å²) in [6.45, 7) is 4.22. The molecule has 0 radical (unpaired) electrons. The lowest BCUT2D eigenvalue weighted by molar-refractivity contribution is 0.0408. The summed E-state index contributed by atoms with van der Waals surface area (Å²) in [5.74, 6) is 0.445. The van der Waals surface area contributed by atoms with Gasteiger partial charge in [0.25, 0.3) is 0 Å². The maximum atomic E-state index is 9.97. The van der Waals surface area contributed by atoms with Crippen LogP contribution in [0.25, 0.3) is 0 Å². The van der Waals surface area contributed by atoms with Gasteiger partial charge in [-0.05, 0) is 66.0 Å². The topological polar surface area (TPSA) is 47.5 Å². The van der Waals surface area contributed by atoms with Gasteiger partial charge in [0.05, 0.1) is 0 Å². The van der Waals surface area contributed by atoms with Gasteiger partial charge in [-0.1, -0.05) is 0 Å². The molecule has 4 nitrogen and oxygen atoms in total. The molecule has 1 unspecified atom stereocenters. The summed E-state index contributed by atoms with van der Waals surface area (Å²) in [7, 11) is 4.12. The second-order valence-electron chi connectivity index (χ2n) is 4.85. The molecule has 0 aromatic rings. The monoisotopic (exact) mass is 229 g/mol. The van der Waals surface area contributed by atoms with E-state index in [9.17, 15) is 5.11 Å². The molecule has 16 heavy (non-hydrogen) atoms. The van der Waals surface area contributed by atoms with Crippen molar-refractivity contribution >= 4 is 0 Å². The van der Waals surface area contributed by atoms with Crippen LogP contribution >= 0.6 is 0 Å². The van der Waals surface area contributed by atoms with E-state index in [2.05, 4.69) is 22.6 Å². The summed E-state index contributed by atoms with van der Waals surface area (Å²) >= 11 is 0. The van der Waals surface area contributed by atoms with Crippen LogP contribution in [0.5, 0.6) is 0 Å². The number of aliphatic hydroxyl groups is 1. The fourth-order valence-electron chi connectivity index (χ4n) is 2.19. The molecule has 1 atom stereocenters. The summed E-state index contributed by atoms with van der Waals surface area (Å²) in [5.41, 5.74) is 0. The van der Waals surface area contributed by atoms with E-state index >= 15 is 0 Å². The maximum Gasteiger partial charge on any atom is 0.107 e. The van der Waals surface area contributed by atoms with E-state index in [4.69, 9.17) is 0 Å². The van der Waals surface area contributed by atoms with Crippen LogP contribution in [0.3, 0.4) is 0 Å². The van der Waals surface area contributed by atoms with E-state index in [0.29, 0.717) is 5.92 Å². The molecule has 1 heterocycles. The number of piperidine rings is 1. The first kappa shape index (κ1) is 13.9. The van der Waals surface area contributed by atoms with Gasteiger partial charge < -0.3 is 15.3 Å². The van der Waals surface area contributed by atoms with Crippen LogP contribution in [0.15, 0.2) is 0 Å². The van der Waals surface area contributed by atoms with Crippen molar-refractivity contribution in [2.75, 3.05) is 40.3 Å². The summed E-state index contributed by atoms with van der Waals surface area (Å²) in [4.78, 5) is 2.33. The quantitative estimate of drug-likeness (QED) is 0.432. The van der Waals surface area contributed by atoms with Crippen LogP contribution < -0.4 is 10.6 Å². The molecule has 1 fully saturated rings. The van der Waals surface area contributed by atoms with Crippen LogP contribution in [0.2, 0.25) is 0 Å². The molecule has 4 heteroatoms. The SMILES string of the molecule is CNCCCCNC(O)C1CCN(C)CC1. The van der Waals surface area contributed by atoms with Crippen molar-refractivity contribution in [1.82, 2.24) is 15.5 Å². The van der Waals surface area contributed by atoms with E-state index in [0.717, 1.165) is 45.4 Å². The Bertz CT molecular complexity index is 170. The molecular weight excluding hydrogens is 202 g/mol. The number of hydrogen-bond donors (Lipinski definition) is 3. The lowest BCUT2D eigenvalue weighted by atomic mass is 9.95. The third-order valence-corrected chi connectivity index (χ3v) is 3.42. The summed E-state index contributed by atoms with van der Waals surface area (Å²) in [5, 5.41) is 16.3. The van der Waals surface area contributed by atoms with Crippen molar-refractivity contribution in [2.24, 2.45) is 5.92 Å². The number of nitrogens with zero attached hydrogens (tertiary/aromatic N) is 1. The van der Waals surface area contributed by atoms with E-state index in [1.54, 1.807) is 0 Å². The standard InChI is InChI=1S/C12H27N3O/c1-13-7-3-4-8-14-12(16)11-5-9-15(2)10-6-11/h11-14,16H,3-10H2,1-2H3. The van der Waals surface area contributed by atoms with E-state index in [-0.39, 0.29) is 6.23 Å². The third-order valence-electron chi connectivity index (χ3n) is 3.42. The Kier molecular flexibility index (Phi) is 6.96. The van der Waals surface area contributed by atoms with Crippen LogP contribution in [-0.4, -0.2) is 56.5 Å². The first-order chi connectivity index (χ1) is 7.74. The third kappa shape index (κ3) is 5.25. The largest absolute Gasteiger partial charge is 0.378 e. The molecule has 0 saturated carbocycles. The van der Waals surface area contributed by atoms with Crippen molar-refractivity contribution in [3.63, 3.8) is 0 Å². The second-order valence-corrected chi connectivity index (χ2v) is 4.85. The van der Waals surface area contributed by atoms with Gasteiger partial charge >= 0.3 is 0 Å². The second kappa shape index (κ2) is 8.01. The van der Waals surface area contributed by atoms with E-state index in [1.165, 1.54) is 6.42 Å². The molecule has 96 valence electrons. The zero-order valence-corrected chi connectivity index (χ0v) is 10.7. The number of unbranched alkanes of at least 4 members (excludes halogenated alkanes) is 1. The van der Waals surface area contributed by atoms with Crippen molar-refractivity contribution < 1.29 is 5.11 Å². The minimum Gasteiger partial charge on any atom is -0.378 e. The highest BCUT2D eigenvalue weighted by Gasteiger charge is 2.22. The molecule has 0 aromatic heterocycles. The molecule has 1 saturated heterocycles. The number of nitrogens with one attached hydrogen (secondary N) is 2. The fourth-order valence-corrected chi connectivity index (χ4v) is 2.19. The van der Waals surface area contributed by atoms with Gasteiger partial charge in [0.15, 0.2) is 0 Å². The van der Waals surface area contributed by atoms with Crippen LogP contribution in [0, 0.1) is 5.92 Å². The number of aliphatic hydroxyl groups excluding tert-OH is 1. The van der Waals surface area contributed by atoms with Gasteiger partial charge in [0.1, 0.15) is 6.23 Å². The van der Waals surface area contributed by atoms with Crippen molar-refractivity contribution in [3.8, 4) is 0 Å². The Morgan fingerprint density at radius 2 is 1.88 bits per heavy atom.